The third-order valence-corrected chi connectivity index (χ3v) is 3.93. The Kier molecular flexibility index (Phi) is 5.67. The molecule has 21 heavy (non-hydrogen) atoms. The number of rotatable bonds is 5. The SMILES string of the molecule is CC(NCCC(=O)N1CCCCC1)c1c(F)cccc1F. The van der Waals surface area contributed by atoms with E-state index in [1.807, 2.05) is 4.90 Å². The van der Waals surface area contributed by atoms with Crippen LogP contribution in [-0.2, 0) is 4.79 Å². The molecular weight excluding hydrogens is 274 g/mol. The Bertz CT molecular complexity index is 467. The van der Waals surface area contributed by atoms with Crippen LogP contribution in [0.3, 0.4) is 0 Å². The molecule has 0 aromatic heterocycles. The molecular formula is C16H22F2N2O. The molecule has 1 saturated heterocycles. The number of hydrogen-bond donors (Lipinski definition) is 1. The van der Waals surface area contributed by atoms with Gasteiger partial charge in [-0.05, 0) is 38.3 Å². The average Bonchev–Trinajstić information content (AvgIpc) is 2.48. The van der Waals surface area contributed by atoms with Gasteiger partial charge in [0.2, 0.25) is 5.91 Å². The highest BCUT2D eigenvalue weighted by Crippen LogP contribution is 2.20. The molecule has 0 radical (unpaired) electrons. The minimum absolute atomic E-state index is 0.0305. The summed E-state index contributed by atoms with van der Waals surface area (Å²) in [6, 6.07) is 3.38. The zero-order chi connectivity index (χ0) is 15.2. The van der Waals surface area contributed by atoms with Crippen molar-refractivity contribution in [3.63, 3.8) is 0 Å². The van der Waals surface area contributed by atoms with Crippen LogP contribution >= 0.6 is 0 Å². The maximum absolute atomic E-state index is 13.6. The zero-order valence-corrected chi connectivity index (χ0v) is 12.4. The van der Waals surface area contributed by atoms with Gasteiger partial charge in [-0.3, -0.25) is 4.79 Å². The Morgan fingerprint density at radius 1 is 1.24 bits per heavy atom. The third-order valence-electron chi connectivity index (χ3n) is 3.93. The molecule has 1 aliphatic heterocycles. The minimum atomic E-state index is -0.558. The molecule has 1 N–H and O–H groups in total. The molecule has 1 aliphatic rings. The quantitative estimate of drug-likeness (QED) is 0.906. The number of benzene rings is 1. The fourth-order valence-corrected chi connectivity index (χ4v) is 2.72. The van der Waals surface area contributed by atoms with Crippen molar-refractivity contribution in [3.05, 3.63) is 35.4 Å². The van der Waals surface area contributed by atoms with Crippen LogP contribution in [0, 0.1) is 11.6 Å². The van der Waals surface area contributed by atoms with E-state index in [0.29, 0.717) is 13.0 Å². The van der Waals surface area contributed by atoms with Crippen molar-refractivity contribution in [2.45, 2.75) is 38.6 Å². The van der Waals surface area contributed by atoms with E-state index in [4.69, 9.17) is 0 Å². The van der Waals surface area contributed by atoms with Crippen LogP contribution in [0.4, 0.5) is 8.78 Å². The molecule has 1 atom stereocenters. The first-order chi connectivity index (χ1) is 10.1. The summed E-state index contributed by atoms with van der Waals surface area (Å²) in [7, 11) is 0. The summed E-state index contributed by atoms with van der Waals surface area (Å²) in [5, 5.41) is 3.02. The predicted octanol–water partition coefficient (Wildman–Crippen LogP) is 3.02. The van der Waals surface area contributed by atoms with E-state index in [0.717, 1.165) is 25.9 Å². The average molecular weight is 296 g/mol. The number of nitrogens with one attached hydrogen (secondary N) is 1. The summed E-state index contributed by atoms with van der Waals surface area (Å²) in [6.45, 7) is 3.78. The smallest absolute Gasteiger partial charge is 0.223 e. The van der Waals surface area contributed by atoms with Crippen LogP contribution in [-0.4, -0.2) is 30.4 Å². The highest BCUT2D eigenvalue weighted by molar-refractivity contribution is 5.76. The van der Waals surface area contributed by atoms with E-state index >= 15 is 0 Å². The lowest BCUT2D eigenvalue weighted by Gasteiger charge is -2.27. The Morgan fingerprint density at radius 2 is 1.86 bits per heavy atom. The van der Waals surface area contributed by atoms with Gasteiger partial charge in [0.05, 0.1) is 0 Å². The van der Waals surface area contributed by atoms with E-state index in [1.54, 1.807) is 6.92 Å². The first-order valence-corrected chi connectivity index (χ1v) is 7.54. The summed E-state index contributed by atoms with van der Waals surface area (Å²) in [5.74, 6) is -1.00. The molecule has 0 saturated carbocycles. The highest BCUT2D eigenvalue weighted by Gasteiger charge is 2.18. The Hall–Kier alpha value is -1.49. The molecule has 1 heterocycles. The van der Waals surface area contributed by atoms with Gasteiger partial charge in [-0.15, -0.1) is 0 Å². The second kappa shape index (κ2) is 7.50. The molecule has 0 aliphatic carbocycles. The van der Waals surface area contributed by atoms with E-state index in [9.17, 15) is 13.6 Å². The lowest BCUT2D eigenvalue weighted by molar-refractivity contribution is -0.132. The van der Waals surface area contributed by atoms with E-state index in [2.05, 4.69) is 5.32 Å². The standard InChI is InChI=1S/C16H22F2N2O/c1-12(16-13(17)6-5-7-14(16)18)19-9-8-15(21)20-10-3-2-4-11-20/h5-7,12,19H,2-4,8-11H2,1H3. The van der Waals surface area contributed by atoms with Crippen molar-refractivity contribution >= 4 is 5.91 Å². The van der Waals surface area contributed by atoms with Gasteiger partial charge in [0.25, 0.3) is 0 Å². The number of amides is 1. The summed E-state index contributed by atoms with van der Waals surface area (Å²) in [5.41, 5.74) is 0.0305. The minimum Gasteiger partial charge on any atom is -0.343 e. The summed E-state index contributed by atoms with van der Waals surface area (Å²) < 4.78 is 27.2. The third kappa shape index (κ3) is 4.24. The fraction of sp³-hybridized carbons (Fsp3) is 0.562. The molecule has 0 spiro atoms. The summed E-state index contributed by atoms with van der Waals surface area (Å²) in [6.07, 6.45) is 3.68. The van der Waals surface area contributed by atoms with E-state index in [1.165, 1.54) is 24.6 Å². The van der Waals surface area contributed by atoms with Gasteiger partial charge in [0.1, 0.15) is 11.6 Å². The maximum Gasteiger partial charge on any atom is 0.223 e. The Balaban J connectivity index is 1.81. The molecule has 5 heteroatoms. The van der Waals surface area contributed by atoms with E-state index < -0.39 is 17.7 Å². The number of hydrogen-bond acceptors (Lipinski definition) is 2. The van der Waals surface area contributed by atoms with Crippen LogP contribution in [0.15, 0.2) is 18.2 Å². The second-order valence-electron chi connectivity index (χ2n) is 5.50. The zero-order valence-electron chi connectivity index (χ0n) is 12.4. The van der Waals surface area contributed by atoms with Crippen LogP contribution in [0.5, 0.6) is 0 Å². The molecule has 2 rings (SSSR count). The van der Waals surface area contributed by atoms with Crippen molar-refractivity contribution in [1.29, 1.82) is 0 Å². The number of piperidine rings is 1. The van der Waals surface area contributed by atoms with E-state index in [-0.39, 0.29) is 11.5 Å². The normalized spacial score (nSPS) is 16.8. The topological polar surface area (TPSA) is 32.3 Å². The summed E-state index contributed by atoms with van der Waals surface area (Å²) >= 11 is 0. The molecule has 1 aromatic carbocycles. The largest absolute Gasteiger partial charge is 0.343 e. The first kappa shape index (κ1) is 15.9. The monoisotopic (exact) mass is 296 g/mol. The number of likely N-dealkylation sites (tertiary alicyclic amines) is 1. The van der Waals surface area contributed by atoms with Gasteiger partial charge in [0.15, 0.2) is 0 Å². The Labute approximate surface area is 124 Å². The van der Waals surface area contributed by atoms with Crippen LogP contribution in [0.2, 0.25) is 0 Å². The van der Waals surface area contributed by atoms with Crippen LogP contribution < -0.4 is 5.32 Å². The van der Waals surface area contributed by atoms with Crippen molar-refractivity contribution < 1.29 is 13.6 Å². The molecule has 1 amide bonds. The predicted molar refractivity (Wildman–Crippen MR) is 77.8 cm³/mol. The highest BCUT2D eigenvalue weighted by atomic mass is 19.1. The van der Waals surface area contributed by atoms with Gasteiger partial charge < -0.3 is 10.2 Å². The van der Waals surface area contributed by atoms with Crippen molar-refractivity contribution in [1.82, 2.24) is 10.2 Å². The molecule has 0 bridgehead atoms. The lowest BCUT2D eigenvalue weighted by atomic mass is 10.1. The number of halogens is 2. The maximum atomic E-state index is 13.6. The van der Waals surface area contributed by atoms with Gasteiger partial charge >= 0.3 is 0 Å². The van der Waals surface area contributed by atoms with Crippen molar-refractivity contribution in [2.24, 2.45) is 0 Å². The summed E-state index contributed by atoms with van der Waals surface area (Å²) in [4.78, 5) is 13.9. The van der Waals surface area contributed by atoms with Crippen molar-refractivity contribution in [2.75, 3.05) is 19.6 Å². The number of nitrogens with zero attached hydrogens (tertiary/aromatic N) is 1. The number of carbonyl (C=O) groups excluding carboxylic acids is 1. The van der Waals surface area contributed by atoms with Gasteiger partial charge in [-0.25, -0.2) is 8.78 Å². The lowest BCUT2D eigenvalue weighted by Crippen LogP contribution is -2.37. The van der Waals surface area contributed by atoms with Crippen LogP contribution in [0.25, 0.3) is 0 Å². The molecule has 116 valence electrons. The van der Waals surface area contributed by atoms with Crippen molar-refractivity contribution in [3.8, 4) is 0 Å². The second-order valence-corrected chi connectivity index (χ2v) is 5.50. The number of carbonyl (C=O) groups is 1. The molecule has 1 unspecified atom stereocenters. The molecule has 1 fully saturated rings. The van der Waals surface area contributed by atoms with Gasteiger partial charge in [0, 0.05) is 37.7 Å². The molecule has 1 aromatic rings. The molecule has 3 nitrogen and oxygen atoms in total. The van der Waals surface area contributed by atoms with Gasteiger partial charge in [-0.2, -0.15) is 0 Å². The van der Waals surface area contributed by atoms with Crippen LogP contribution in [0.1, 0.15) is 44.2 Å². The Morgan fingerprint density at radius 3 is 2.48 bits per heavy atom. The first-order valence-electron chi connectivity index (χ1n) is 7.54. The van der Waals surface area contributed by atoms with Gasteiger partial charge in [-0.1, -0.05) is 6.07 Å². The fourth-order valence-electron chi connectivity index (χ4n) is 2.72.